The van der Waals surface area contributed by atoms with Crippen LogP contribution in [-0.4, -0.2) is 36.5 Å². The van der Waals surface area contributed by atoms with Gasteiger partial charge in [0.1, 0.15) is 12.4 Å². The Kier molecular flexibility index (Phi) is 10.7. The molecule has 2 aromatic rings. The Morgan fingerprint density at radius 3 is 2.77 bits per heavy atom. The number of pyridine rings is 1. The quantitative estimate of drug-likeness (QED) is 0.360. The van der Waals surface area contributed by atoms with E-state index in [1.165, 1.54) is 6.42 Å². The normalized spacial score (nSPS) is 10.8. The lowest BCUT2D eigenvalue weighted by Crippen LogP contribution is -2.38. The summed E-state index contributed by atoms with van der Waals surface area (Å²) >= 11 is 0. The van der Waals surface area contributed by atoms with E-state index in [4.69, 9.17) is 4.74 Å². The fourth-order valence-electron chi connectivity index (χ4n) is 2.45. The summed E-state index contributed by atoms with van der Waals surface area (Å²) in [5.74, 6) is 1.76. The van der Waals surface area contributed by atoms with Crippen LogP contribution in [0.5, 0.6) is 5.75 Å². The highest BCUT2D eigenvalue weighted by Crippen LogP contribution is 2.14. The van der Waals surface area contributed by atoms with Crippen LogP contribution < -0.4 is 10.1 Å². The van der Waals surface area contributed by atoms with Gasteiger partial charge in [0.15, 0.2) is 5.96 Å². The fraction of sp³-hybridized carbons (Fsp3) is 0.400. The lowest BCUT2D eigenvalue weighted by atomic mass is 10.2. The zero-order valence-electron chi connectivity index (χ0n) is 15.8. The SMILES string of the molecule is CCCCN(C)C(=NC)NCc1cccc(OCc2ccccn2)c1.I. The number of unbranched alkanes of at least 4 members (excludes halogenated alkanes) is 1. The number of hydrogen-bond acceptors (Lipinski definition) is 3. The molecule has 2 rings (SSSR count). The van der Waals surface area contributed by atoms with Crippen molar-refractivity contribution in [3.05, 3.63) is 59.9 Å². The highest BCUT2D eigenvalue weighted by Gasteiger charge is 2.05. The standard InChI is InChI=1S/C20H28N4O.HI/c1-4-5-13-24(3)20(21-2)23-15-17-9-8-11-19(14-17)25-16-18-10-6-7-12-22-18;/h6-12,14H,4-5,13,15-16H2,1-3H3,(H,21,23);1H. The van der Waals surface area contributed by atoms with Crippen LogP contribution in [0.25, 0.3) is 0 Å². The highest BCUT2D eigenvalue weighted by molar-refractivity contribution is 14.0. The minimum atomic E-state index is 0. The first kappa shape index (κ1) is 22.2. The summed E-state index contributed by atoms with van der Waals surface area (Å²) < 4.78 is 5.84. The monoisotopic (exact) mass is 468 g/mol. The smallest absolute Gasteiger partial charge is 0.193 e. The van der Waals surface area contributed by atoms with Crippen LogP contribution in [0.15, 0.2) is 53.7 Å². The molecule has 0 radical (unpaired) electrons. The van der Waals surface area contributed by atoms with Crippen molar-refractivity contribution in [1.29, 1.82) is 0 Å². The molecule has 5 nitrogen and oxygen atoms in total. The van der Waals surface area contributed by atoms with E-state index in [1.54, 1.807) is 6.20 Å². The molecule has 26 heavy (non-hydrogen) atoms. The van der Waals surface area contributed by atoms with Gasteiger partial charge in [0.2, 0.25) is 0 Å². The molecule has 0 saturated carbocycles. The number of aromatic nitrogens is 1. The number of nitrogens with zero attached hydrogens (tertiary/aromatic N) is 3. The van der Waals surface area contributed by atoms with Crippen molar-refractivity contribution in [1.82, 2.24) is 15.2 Å². The van der Waals surface area contributed by atoms with Gasteiger partial charge in [-0.25, -0.2) is 0 Å². The van der Waals surface area contributed by atoms with Gasteiger partial charge in [-0.3, -0.25) is 9.98 Å². The lowest BCUT2D eigenvalue weighted by molar-refractivity contribution is 0.301. The van der Waals surface area contributed by atoms with Crippen LogP contribution in [0.4, 0.5) is 0 Å². The van der Waals surface area contributed by atoms with Gasteiger partial charge in [0, 0.05) is 33.4 Å². The third-order valence-corrected chi connectivity index (χ3v) is 3.88. The van der Waals surface area contributed by atoms with Crippen LogP contribution in [0.2, 0.25) is 0 Å². The van der Waals surface area contributed by atoms with Crippen molar-refractivity contribution in [2.24, 2.45) is 4.99 Å². The molecule has 0 aliphatic rings. The summed E-state index contributed by atoms with van der Waals surface area (Å²) in [6, 6.07) is 13.9. The van der Waals surface area contributed by atoms with E-state index in [0.717, 1.165) is 35.9 Å². The van der Waals surface area contributed by atoms with Crippen molar-refractivity contribution < 1.29 is 4.74 Å². The van der Waals surface area contributed by atoms with Crippen LogP contribution in [0, 0.1) is 0 Å². The average Bonchev–Trinajstić information content (AvgIpc) is 2.66. The predicted molar refractivity (Wildman–Crippen MR) is 118 cm³/mol. The van der Waals surface area contributed by atoms with Crippen molar-refractivity contribution in [3.8, 4) is 5.75 Å². The maximum Gasteiger partial charge on any atom is 0.193 e. The Morgan fingerprint density at radius 2 is 2.08 bits per heavy atom. The molecule has 6 heteroatoms. The molecule has 0 fully saturated rings. The van der Waals surface area contributed by atoms with Gasteiger partial charge in [-0.2, -0.15) is 0 Å². The van der Waals surface area contributed by atoms with Crippen LogP contribution in [-0.2, 0) is 13.2 Å². The lowest BCUT2D eigenvalue weighted by Gasteiger charge is -2.22. The number of halogens is 1. The topological polar surface area (TPSA) is 49.8 Å². The third kappa shape index (κ3) is 7.59. The molecule has 0 saturated heterocycles. The van der Waals surface area contributed by atoms with Crippen molar-refractivity contribution in [3.63, 3.8) is 0 Å². The minimum absolute atomic E-state index is 0. The maximum absolute atomic E-state index is 5.84. The number of ether oxygens (including phenoxy) is 1. The van der Waals surface area contributed by atoms with E-state index >= 15 is 0 Å². The molecule has 0 aliphatic carbocycles. The molecule has 142 valence electrons. The Labute approximate surface area is 173 Å². The van der Waals surface area contributed by atoms with Gasteiger partial charge < -0.3 is 15.0 Å². The number of rotatable bonds is 8. The summed E-state index contributed by atoms with van der Waals surface area (Å²) in [6.45, 7) is 4.38. The second-order valence-electron chi connectivity index (χ2n) is 5.93. The van der Waals surface area contributed by atoms with Crippen LogP contribution in [0.1, 0.15) is 31.0 Å². The summed E-state index contributed by atoms with van der Waals surface area (Å²) in [4.78, 5) is 10.8. The first-order valence-electron chi connectivity index (χ1n) is 8.76. The second kappa shape index (κ2) is 12.5. The first-order valence-corrected chi connectivity index (χ1v) is 8.76. The first-order chi connectivity index (χ1) is 12.2. The molecular formula is C20H29IN4O. The van der Waals surface area contributed by atoms with Crippen molar-refractivity contribution in [2.45, 2.75) is 32.9 Å². The number of guanidine groups is 1. The Morgan fingerprint density at radius 1 is 1.23 bits per heavy atom. The summed E-state index contributed by atoms with van der Waals surface area (Å²) in [5, 5.41) is 3.40. The Balaban J connectivity index is 0.00000338. The Bertz CT molecular complexity index is 664. The highest BCUT2D eigenvalue weighted by atomic mass is 127. The van der Waals surface area contributed by atoms with E-state index in [9.17, 15) is 0 Å². The third-order valence-electron chi connectivity index (χ3n) is 3.88. The van der Waals surface area contributed by atoms with Crippen LogP contribution in [0.3, 0.4) is 0 Å². The van der Waals surface area contributed by atoms with Crippen molar-refractivity contribution >= 4 is 29.9 Å². The van der Waals surface area contributed by atoms with Gasteiger partial charge in [0.05, 0.1) is 5.69 Å². The van der Waals surface area contributed by atoms with E-state index in [1.807, 2.05) is 37.4 Å². The van der Waals surface area contributed by atoms with E-state index < -0.39 is 0 Å². The second-order valence-corrected chi connectivity index (χ2v) is 5.93. The number of nitrogens with one attached hydrogen (secondary N) is 1. The van der Waals surface area contributed by atoms with Crippen molar-refractivity contribution in [2.75, 3.05) is 20.6 Å². The van der Waals surface area contributed by atoms with E-state index in [-0.39, 0.29) is 24.0 Å². The predicted octanol–water partition coefficient (Wildman–Crippen LogP) is 4.09. The van der Waals surface area contributed by atoms with E-state index in [0.29, 0.717) is 13.2 Å². The number of benzene rings is 1. The van der Waals surface area contributed by atoms with Gasteiger partial charge in [-0.1, -0.05) is 31.5 Å². The van der Waals surface area contributed by atoms with Gasteiger partial charge in [-0.05, 0) is 36.2 Å². The molecule has 1 N–H and O–H groups in total. The summed E-state index contributed by atoms with van der Waals surface area (Å²) in [7, 11) is 3.88. The average molecular weight is 468 g/mol. The zero-order valence-corrected chi connectivity index (χ0v) is 18.1. The molecule has 0 unspecified atom stereocenters. The fourth-order valence-corrected chi connectivity index (χ4v) is 2.45. The molecule has 0 amide bonds. The minimum Gasteiger partial charge on any atom is -0.487 e. The Hall–Kier alpha value is -1.83. The summed E-state index contributed by atoms with van der Waals surface area (Å²) in [5.41, 5.74) is 2.08. The van der Waals surface area contributed by atoms with Gasteiger partial charge in [-0.15, -0.1) is 24.0 Å². The molecule has 0 bridgehead atoms. The van der Waals surface area contributed by atoms with E-state index in [2.05, 4.69) is 46.3 Å². The molecule has 0 aliphatic heterocycles. The molecule has 1 aromatic carbocycles. The van der Waals surface area contributed by atoms with Gasteiger partial charge >= 0.3 is 0 Å². The van der Waals surface area contributed by atoms with Crippen LogP contribution >= 0.6 is 24.0 Å². The zero-order chi connectivity index (χ0) is 17.9. The largest absolute Gasteiger partial charge is 0.487 e. The number of hydrogen-bond donors (Lipinski definition) is 1. The molecule has 0 spiro atoms. The summed E-state index contributed by atoms with van der Waals surface area (Å²) in [6.07, 6.45) is 4.12. The molecule has 1 heterocycles. The van der Waals surface area contributed by atoms with Gasteiger partial charge in [0.25, 0.3) is 0 Å². The molecule has 0 atom stereocenters. The molecule has 1 aromatic heterocycles. The maximum atomic E-state index is 5.84. The molecular weight excluding hydrogens is 439 g/mol. The number of aliphatic imine (C=N–C) groups is 1.